The minimum Gasteiger partial charge on any atom is -0.368 e. The molecule has 142 valence electrons. The van der Waals surface area contributed by atoms with Gasteiger partial charge in [0.05, 0.1) is 0 Å². The van der Waals surface area contributed by atoms with Crippen LogP contribution in [0.3, 0.4) is 0 Å². The number of halogens is 1. The second kappa shape index (κ2) is 7.02. The molecule has 2 aliphatic rings. The zero-order chi connectivity index (χ0) is 19.0. The van der Waals surface area contributed by atoms with E-state index in [9.17, 15) is 14.0 Å². The van der Waals surface area contributed by atoms with Gasteiger partial charge in [-0.05, 0) is 37.1 Å². The molecule has 1 aromatic carbocycles. The van der Waals surface area contributed by atoms with Crippen molar-refractivity contribution in [1.29, 1.82) is 0 Å². The van der Waals surface area contributed by atoms with Crippen LogP contribution in [0.2, 0.25) is 0 Å². The zero-order valence-corrected chi connectivity index (χ0v) is 15.0. The highest BCUT2D eigenvalue weighted by molar-refractivity contribution is 6.04. The summed E-state index contributed by atoms with van der Waals surface area (Å²) in [6, 6.07) is 6.35. The number of anilines is 1. The molecule has 0 aliphatic carbocycles. The lowest BCUT2D eigenvalue weighted by Crippen LogP contribution is -2.49. The number of imidazole rings is 1. The summed E-state index contributed by atoms with van der Waals surface area (Å²) in [5.41, 5.74) is 6.82. The largest absolute Gasteiger partial charge is 0.368 e. The van der Waals surface area contributed by atoms with Crippen LogP contribution in [0.1, 0.15) is 39.6 Å². The third-order valence-electron chi connectivity index (χ3n) is 5.27. The van der Waals surface area contributed by atoms with Crippen molar-refractivity contribution in [3.63, 3.8) is 0 Å². The van der Waals surface area contributed by atoms with E-state index < -0.39 is 5.91 Å². The van der Waals surface area contributed by atoms with Gasteiger partial charge in [0.2, 0.25) is 0 Å². The lowest BCUT2D eigenvalue weighted by Gasteiger charge is -2.36. The van der Waals surface area contributed by atoms with E-state index in [0.717, 1.165) is 30.8 Å². The topological polar surface area (TPSA) is 84.5 Å². The lowest BCUT2D eigenvalue weighted by atomic mass is 10.1. The van der Waals surface area contributed by atoms with Gasteiger partial charge < -0.3 is 20.1 Å². The highest BCUT2D eigenvalue weighted by Crippen LogP contribution is 2.23. The molecule has 1 fully saturated rings. The van der Waals surface area contributed by atoms with Gasteiger partial charge in [-0.1, -0.05) is 0 Å². The number of hydrogen-bond acceptors (Lipinski definition) is 4. The molecule has 0 radical (unpaired) electrons. The Morgan fingerprint density at radius 1 is 1.00 bits per heavy atom. The molecule has 0 saturated carbocycles. The Morgan fingerprint density at radius 3 is 2.37 bits per heavy atom. The van der Waals surface area contributed by atoms with Gasteiger partial charge in [0.1, 0.15) is 17.3 Å². The van der Waals surface area contributed by atoms with Crippen molar-refractivity contribution >= 4 is 17.5 Å². The number of aryl methyl sites for hydroxylation is 1. The fourth-order valence-electron chi connectivity index (χ4n) is 3.84. The Hall–Kier alpha value is -2.90. The number of carbonyl (C=O) groups is 2. The summed E-state index contributed by atoms with van der Waals surface area (Å²) in [6.07, 6.45) is 2.71. The third-order valence-corrected chi connectivity index (χ3v) is 5.27. The number of fused-ring (bicyclic) bond motifs is 1. The molecule has 7 nitrogen and oxygen atoms in total. The van der Waals surface area contributed by atoms with Gasteiger partial charge in [0, 0.05) is 44.8 Å². The number of benzene rings is 1. The van der Waals surface area contributed by atoms with Crippen molar-refractivity contribution < 1.29 is 14.0 Å². The van der Waals surface area contributed by atoms with Crippen LogP contribution in [0.4, 0.5) is 10.1 Å². The standard InChI is InChI=1S/C19H22FN5O2/c20-13-4-6-14(7-5-13)23-9-11-24(12-10-23)19(27)17-16(18(21)26)22-15-3-1-2-8-25(15)17/h4-7H,1-3,8-12H2,(H2,21,26). The smallest absolute Gasteiger partial charge is 0.273 e. The fourth-order valence-corrected chi connectivity index (χ4v) is 3.84. The molecule has 1 aromatic heterocycles. The number of nitrogens with two attached hydrogens (primary N) is 1. The molecule has 2 N–H and O–H groups in total. The second-order valence-electron chi connectivity index (χ2n) is 6.95. The SMILES string of the molecule is NC(=O)c1nc2n(c1C(=O)N1CCN(c3ccc(F)cc3)CC1)CCCC2. The van der Waals surface area contributed by atoms with Crippen molar-refractivity contribution in [2.45, 2.75) is 25.8 Å². The molecule has 4 rings (SSSR count). The number of carbonyl (C=O) groups excluding carboxylic acids is 2. The maximum absolute atomic E-state index is 13.1. The number of hydrogen-bond donors (Lipinski definition) is 1. The molecule has 2 amide bonds. The van der Waals surface area contributed by atoms with Crippen molar-refractivity contribution in [1.82, 2.24) is 14.5 Å². The van der Waals surface area contributed by atoms with E-state index in [1.54, 1.807) is 17.0 Å². The van der Waals surface area contributed by atoms with Gasteiger partial charge in [0.15, 0.2) is 5.69 Å². The van der Waals surface area contributed by atoms with Gasteiger partial charge in [-0.25, -0.2) is 9.37 Å². The predicted octanol–water partition coefficient (Wildman–Crippen LogP) is 1.42. The maximum Gasteiger partial charge on any atom is 0.273 e. The minimum atomic E-state index is -0.662. The maximum atomic E-state index is 13.1. The van der Waals surface area contributed by atoms with Crippen molar-refractivity contribution in [3.05, 3.63) is 47.3 Å². The third kappa shape index (κ3) is 3.27. The van der Waals surface area contributed by atoms with Gasteiger partial charge in [-0.15, -0.1) is 0 Å². The first-order valence-electron chi connectivity index (χ1n) is 9.23. The van der Waals surface area contributed by atoms with E-state index in [2.05, 4.69) is 9.88 Å². The number of amides is 2. The van der Waals surface area contributed by atoms with Gasteiger partial charge in [-0.3, -0.25) is 9.59 Å². The van der Waals surface area contributed by atoms with E-state index in [4.69, 9.17) is 5.73 Å². The monoisotopic (exact) mass is 371 g/mol. The van der Waals surface area contributed by atoms with E-state index in [-0.39, 0.29) is 17.4 Å². The summed E-state index contributed by atoms with van der Waals surface area (Å²) in [6.45, 7) is 3.02. The highest BCUT2D eigenvalue weighted by Gasteiger charge is 2.31. The first kappa shape index (κ1) is 17.5. The Bertz CT molecular complexity index is 869. The van der Waals surface area contributed by atoms with Crippen LogP contribution in [0.25, 0.3) is 0 Å². The molecule has 2 aliphatic heterocycles. The van der Waals surface area contributed by atoms with Gasteiger partial charge >= 0.3 is 0 Å². The summed E-state index contributed by atoms with van der Waals surface area (Å²) >= 11 is 0. The molecule has 8 heteroatoms. The summed E-state index contributed by atoms with van der Waals surface area (Å²) in [5, 5.41) is 0. The Balaban J connectivity index is 1.52. The molecule has 1 saturated heterocycles. The summed E-state index contributed by atoms with van der Waals surface area (Å²) < 4.78 is 15.0. The predicted molar refractivity (Wildman–Crippen MR) is 98.2 cm³/mol. The number of aromatic nitrogens is 2. The average Bonchev–Trinajstić information content (AvgIpc) is 3.08. The average molecular weight is 371 g/mol. The Labute approximate surface area is 156 Å². The molecule has 0 spiro atoms. The van der Waals surface area contributed by atoms with E-state index in [1.165, 1.54) is 12.1 Å². The van der Waals surface area contributed by atoms with Crippen LogP contribution in [-0.4, -0.2) is 52.4 Å². The van der Waals surface area contributed by atoms with Crippen molar-refractivity contribution in [3.8, 4) is 0 Å². The van der Waals surface area contributed by atoms with E-state index in [0.29, 0.717) is 38.4 Å². The van der Waals surface area contributed by atoms with Gasteiger partial charge in [0.25, 0.3) is 11.8 Å². The van der Waals surface area contributed by atoms with Crippen LogP contribution < -0.4 is 10.6 Å². The second-order valence-corrected chi connectivity index (χ2v) is 6.95. The zero-order valence-electron chi connectivity index (χ0n) is 15.0. The van der Waals surface area contributed by atoms with E-state index >= 15 is 0 Å². The number of piperazine rings is 1. The number of primary amides is 1. The van der Waals surface area contributed by atoms with E-state index in [1.807, 2.05) is 4.57 Å². The van der Waals surface area contributed by atoms with Crippen molar-refractivity contribution in [2.75, 3.05) is 31.1 Å². The molecule has 2 aromatic rings. The lowest BCUT2D eigenvalue weighted by molar-refractivity contribution is 0.0729. The molecule has 0 bridgehead atoms. The quantitative estimate of drug-likeness (QED) is 0.884. The normalized spacial score (nSPS) is 16.9. The Morgan fingerprint density at radius 2 is 1.70 bits per heavy atom. The summed E-state index contributed by atoms with van der Waals surface area (Å²) in [7, 11) is 0. The fraction of sp³-hybridized carbons (Fsp3) is 0.421. The minimum absolute atomic E-state index is 0.0814. The van der Waals surface area contributed by atoms with Crippen molar-refractivity contribution in [2.24, 2.45) is 5.73 Å². The highest BCUT2D eigenvalue weighted by atomic mass is 19.1. The molecule has 0 atom stereocenters. The summed E-state index contributed by atoms with van der Waals surface area (Å²) in [5.74, 6) is -0.353. The van der Waals surface area contributed by atoms with Gasteiger partial charge in [-0.2, -0.15) is 0 Å². The number of nitrogens with zero attached hydrogens (tertiary/aromatic N) is 4. The van der Waals surface area contributed by atoms with Crippen LogP contribution >= 0.6 is 0 Å². The molecular formula is C19H22FN5O2. The first-order chi connectivity index (χ1) is 13.0. The molecule has 27 heavy (non-hydrogen) atoms. The van der Waals surface area contributed by atoms with Crippen LogP contribution in [0.5, 0.6) is 0 Å². The molecule has 0 unspecified atom stereocenters. The van der Waals surface area contributed by atoms with Crippen LogP contribution in [0.15, 0.2) is 24.3 Å². The van der Waals surface area contributed by atoms with Crippen LogP contribution in [0, 0.1) is 5.82 Å². The molecular weight excluding hydrogens is 349 g/mol. The first-order valence-corrected chi connectivity index (χ1v) is 9.23. The Kier molecular flexibility index (Phi) is 4.55. The van der Waals surface area contributed by atoms with Crippen LogP contribution in [-0.2, 0) is 13.0 Å². The number of rotatable bonds is 3. The summed E-state index contributed by atoms with van der Waals surface area (Å²) in [4.78, 5) is 33.2. The molecule has 3 heterocycles.